The first kappa shape index (κ1) is 18.2. The molecule has 0 amide bonds. The molecule has 0 spiro atoms. The lowest BCUT2D eigenvalue weighted by molar-refractivity contribution is 0.278. The van der Waals surface area contributed by atoms with Crippen molar-refractivity contribution in [3.05, 3.63) is 89.5 Å². The van der Waals surface area contributed by atoms with Crippen molar-refractivity contribution in [2.75, 3.05) is 0 Å². The van der Waals surface area contributed by atoms with E-state index in [0.717, 1.165) is 34.4 Å². The number of benzene rings is 3. The molecule has 3 aromatic rings. The van der Waals surface area contributed by atoms with Gasteiger partial charge in [-0.05, 0) is 52.3 Å². The molecule has 0 saturated carbocycles. The summed E-state index contributed by atoms with van der Waals surface area (Å²) in [7, 11) is 0. The zero-order valence-electron chi connectivity index (χ0n) is 15.5. The van der Waals surface area contributed by atoms with Crippen molar-refractivity contribution in [1.82, 2.24) is 0 Å². The van der Waals surface area contributed by atoms with Crippen LogP contribution < -0.4 is 4.74 Å². The van der Waals surface area contributed by atoms with Crippen molar-refractivity contribution in [3.8, 4) is 16.9 Å². The fourth-order valence-electron chi connectivity index (χ4n) is 3.10. The van der Waals surface area contributed by atoms with Gasteiger partial charge >= 0.3 is 0 Å². The molecule has 26 heavy (non-hydrogen) atoms. The van der Waals surface area contributed by atoms with Crippen molar-refractivity contribution in [3.63, 3.8) is 0 Å². The smallest absolute Gasteiger partial charge is 0.120 e. The molecule has 0 atom stereocenters. The van der Waals surface area contributed by atoms with Gasteiger partial charge in [0.15, 0.2) is 0 Å². The maximum atomic E-state index is 9.81. The van der Waals surface area contributed by atoms with E-state index in [4.69, 9.17) is 4.74 Å². The minimum atomic E-state index is -0.00832. The third-order valence-corrected chi connectivity index (χ3v) is 4.40. The predicted octanol–water partition coefficient (Wildman–Crippen LogP) is 5.62. The molecular formula is C24H26O2. The van der Waals surface area contributed by atoms with Crippen molar-refractivity contribution in [2.45, 2.75) is 33.5 Å². The highest BCUT2D eigenvalue weighted by molar-refractivity contribution is 5.68. The van der Waals surface area contributed by atoms with Gasteiger partial charge in [0.25, 0.3) is 0 Å². The first-order valence-electron chi connectivity index (χ1n) is 9.15. The Morgan fingerprint density at radius 3 is 2.23 bits per heavy atom. The molecule has 0 aromatic heterocycles. The molecule has 0 radical (unpaired) electrons. The molecule has 0 saturated heterocycles. The normalized spacial score (nSPS) is 10.9. The van der Waals surface area contributed by atoms with E-state index in [0.29, 0.717) is 12.5 Å². The fourth-order valence-corrected chi connectivity index (χ4v) is 3.10. The summed E-state index contributed by atoms with van der Waals surface area (Å²) in [4.78, 5) is 0. The maximum Gasteiger partial charge on any atom is 0.120 e. The number of hydrogen-bond donors (Lipinski definition) is 1. The van der Waals surface area contributed by atoms with Crippen molar-refractivity contribution in [2.24, 2.45) is 5.92 Å². The van der Waals surface area contributed by atoms with Crippen LogP contribution in [0.15, 0.2) is 72.8 Å². The zero-order valence-corrected chi connectivity index (χ0v) is 15.5. The summed E-state index contributed by atoms with van der Waals surface area (Å²) in [5, 5.41) is 9.81. The Morgan fingerprint density at radius 2 is 1.58 bits per heavy atom. The summed E-state index contributed by atoms with van der Waals surface area (Å²) in [5.41, 5.74) is 5.53. The van der Waals surface area contributed by atoms with Crippen molar-refractivity contribution >= 4 is 0 Å². The van der Waals surface area contributed by atoms with Gasteiger partial charge in [0.1, 0.15) is 12.4 Å². The van der Waals surface area contributed by atoms with Crippen LogP contribution >= 0.6 is 0 Å². The summed E-state index contributed by atoms with van der Waals surface area (Å²) in [5.74, 6) is 1.42. The average molecular weight is 346 g/mol. The van der Waals surface area contributed by atoms with Gasteiger partial charge in [-0.1, -0.05) is 74.5 Å². The fraction of sp³-hybridized carbons (Fsp3) is 0.250. The number of aliphatic hydroxyl groups excluding tert-OH is 1. The highest BCUT2D eigenvalue weighted by atomic mass is 16.5. The molecule has 0 heterocycles. The van der Waals surface area contributed by atoms with Crippen LogP contribution in [-0.4, -0.2) is 5.11 Å². The van der Waals surface area contributed by atoms with Gasteiger partial charge < -0.3 is 9.84 Å². The lowest BCUT2D eigenvalue weighted by Crippen LogP contribution is -1.97. The molecular weight excluding hydrogens is 320 g/mol. The summed E-state index contributed by atoms with van der Waals surface area (Å²) in [6.07, 6.45) is 1.08. The van der Waals surface area contributed by atoms with Crippen LogP contribution in [0.2, 0.25) is 0 Å². The Balaban J connectivity index is 1.76. The van der Waals surface area contributed by atoms with Crippen LogP contribution in [0.3, 0.4) is 0 Å². The zero-order chi connectivity index (χ0) is 18.4. The molecule has 0 unspecified atom stereocenters. The third-order valence-electron chi connectivity index (χ3n) is 4.40. The topological polar surface area (TPSA) is 29.5 Å². The molecule has 3 rings (SSSR count). The average Bonchev–Trinajstić information content (AvgIpc) is 2.67. The second-order valence-corrected chi connectivity index (χ2v) is 7.05. The minimum Gasteiger partial charge on any atom is -0.489 e. The highest BCUT2D eigenvalue weighted by Gasteiger charge is 2.08. The molecule has 2 heteroatoms. The second-order valence-electron chi connectivity index (χ2n) is 7.05. The Bertz CT molecular complexity index is 821. The minimum absolute atomic E-state index is 0.00832. The molecule has 134 valence electrons. The van der Waals surface area contributed by atoms with Crippen molar-refractivity contribution in [1.29, 1.82) is 0 Å². The standard InChI is InChI=1S/C24H26O2/c1-18(2)14-19-8-10-21(11-9-19)24-13-12-23(15-22(24)16-25)26-17-20-6-4-3-5-7-20/h3-13,15,18,25H,14,16-17H2,1-2H3. The summed E-state index contributed by atoms with van der Waals surface area (Å²) >= 11 is 0. The van der Waals surface area contributed by atoms with Gasteiger partial charge in [0.05, 0.1) is 6.61 Å². The number of ether oxygens (including phenoxy) is 1. The van der Waals surface area contributed by atoms with Gasteiger partial charge in [-0.3, -0.25) is 0 Å². The summed E-state index contributed by atoms with van der Waals surface area (Å²) in [6, 6.07) is 24.6. The monoisotopic (exact) mass is 346 g/mol. The molecule has 0 aliphatic rings. The van der Waals surface area contributed by atoms with E-state index < -0.39 is 0 Å². The van der Waals surface area contributed by atoms with Crippen LogP contribution in [-0.2, 0) is 19.6 Å². The van der Waals surface area contributed by atoms with E-state index in [1.807, 2.05) is 48.5 Å². The first-order valence-corrected chi connectivity index (χ1v) is 9.15. The maximum absolute atomic E-state index is 9.81. The second kappa shape index (κ2) is 8.68. The van der Waals surface area contributed by atoms with Gasteiger partial charge in [0, 0.05) is 0 Å². The SMILES string of the molecule is CC(C)Cc1ccc(-c2ccc(OCc3ccccc3)cc2CO)cc1. The first-order chi connectivity index (χ1) is 12.7. The molecule has 0 aliphatic carbocycles. The van der Waals surface area contributed by atoms with E-state index in [9.17, 15) is 5.11 Å². The van der Waals surface area contributed by atoms with Crippen molar-refractivity contribution < 1.29 is 9.84 Å². The predicted molar refractivity (Wildman–Crippen MR) is 107 cm³/mol. The molecule has 0 bridgehead atoms. The Kier molecular flexibility index (Phi) is 6.08. The van der Waals surface area contributed by atoms with Gasteiger partial charge in [0.2, 0.25) is 0 Å². The quantitative estimate of drug-likeness (QED) is 0.601. The van der Waals surface area contributed by atoms with Crippen LogP contribution in [0.5, 0.6) is 5.75 Å². The Morgan fingerprint density at radius 1 is 0.846 bits per heavy atom. The van der Waals surface area contributed by atoms with Crippen LogP contribution in [0, 0.1) is 5.92 Å². The number of rotatable bonds is 7. The Hall–Kier alpha value is -2.58. The van der Waals surface area contributed by atoms with Gasteiger partial charge in [-0.25, -0.2) is 0 Å². The van der Waals surface area contributed by atoms with Crippen LogP contribution in [0.25, 0.3) is 11.1 Å². The largest absolute Gasteiger partial charge is 0.489 e. The lowest BCUT2D eigenvalue weighted by Gasteiger charge is -2.13. The Labute approximate surface area is 156 Å². The molecule has 0 fully saturated rings. The van der Waals surface area contributed by atoms with Crippen LogP contribution in [0.4, 0.5) is 0 Å². The highest BCUT2D eigenvalue weighted by Crippen LogP contribution is 2.28. The summed E-state index contributed by atoms with van der Waals surface area (Å²) < 4.78 is 5.88. The van der Waals surface area contributed by atoms with Gasteiger partial charge in [-0.2, -0.15) is 0 Å². The van der Waals surface area contributed by atoms with E-state index in [1.165, 1.54) is 5.56 Å². The van der Waals surface area contributed by atoms with Crippen LogP contribution in [0.1, 0.15) is 30.5 Å². The molecule has 0 aliphatic heterocycles. The third kappa shape index (κ3) is 4.74. The number of aliphatic hydroxyl groups is 1. The van der Waals surface area contributed by atoms with E-state index in [-0.39, 0.29) is 6.61 Å². The molecule has 1 N–H and O–H groups in total. The van der Waals surface area contributed by atoms with E-state index in [1.54, 1.807) is 0 Å². The van der Waals surface area contributed by atoms with E-state index in [2.05, 4.69) is 38.1 Å². The van der Waals surface area contributed by atoms with E-state index >= 15 is 0 Å². The summed E-state index contributed by atoms with van der Waals surface area (Å²) in [6.45, 7) is 4.97. The molecule has 3 aromatic carbocycles. The molecule has 2 nitrogen and oxygen atoms in total. The lowest BCUT2D eigenvalue weighted by atomic mass is 9.96. The van der Waals surface area contributed by atoms with Gasteiger partial charge in [-0.15, -0.1) is 0 Å². The number of hydrogen-bond acceptors (Lipinski definition) is 2.